The molecule has 3 aromatic carbocycles. The van der Waals surface area contributed by atoms with E-state index in [4.69, 9.17) is 16.3 Å². The molecule has 0 unspecified atom stereocenters. The molecule has 4 rings (SSSR count). The number of carbonyl (C=O) groups is 4. The number of carbonyl (C=O) groups excluding carboxylic acids is 4. The fourth-order valence-electron chi connectivity index (χ4n) is 3.77. The smallest absolute Gasteiger partial charge is 0.335 e. The number of barbiturate groups is 1. The van der Waals surface area contributed by atoms with Crippen molar-refractivity contribution in [1.29, 1.82) is 0 Å². The van der Waals surface area contributed by atoms with Crippen molar-refractivity contribution in [1.82, 2.24) is 5.32 Å². The molecule has 0 aromatic heterocycles. The maximum absolute atomic E-state index is 13.2. The van der Waals surface area contributed by atoms with Crippen LogP contribution in [0.15, 0.2) is 66.2 Å². The zero-order valence-electron chi connectivity index (χ0n) is 20.4. The molecule has 5 amide bonds. The van der Waals surface area contributed by atoms with Gasteiger partial charge >= 0.3 is 6.03 Å². The normalized spacial score (nSPS) is 14.5. The van der Waals surface area contributed by atoms with E-state index in [1.165, 1.54) is 12.1 Å². The molecule has 188 valence electrons. The Hall–Kier alpha value is -4.43. The highest BCUT2D eigenvalue weighted by molar-refractivity contribution is 6.39. The van der Waals surface area contributed by atoms with Gasteiger partial charge < -0.3 is 10.1 Å². The maximum atomic E-state index is 13.2. The molecule has 2 N–H and O–H groups in total. The summed E-state index contributed by atoms with van der Waals surface area (Å²) in [5.41, 5.74) is 3.82. The highest BCUT2D eigenvalue weighted by Crippen LogP contribution is 2.28. The Kier molecular flexibility index (Phi) is 7.40. The molecule has 1 aliphatic rings. The second-order valence-corrected chi connectivity index (χ2v) is 9.05. The molecule has 0 aliphatic carbocycles. The van der Waals surface area contributed by atoms with Crippen LogP contribution >= 0.6 is 11.6 Å². The van der Waals surface area contributed by atoms with Crippen molar-refractivity contribution in [2.24, 2.45) is 0 Å². The van der Waals surface area contributed by atoms with E-state index in [2.05, 4.69) is 10.6 Å². The van der Waals surface area contributed by atoms with Crippen molar-refractivity contribution in [3.8, 4) is 5.75 Å². The van der Waals surface area contributed by atoms with Gasteiger partial charge in [0, 0.05) is 10.7 Å². The first-order valence-corrected chi connectivity index (χ1v) is 11.8. The third-order valence-corrected chi connectivity index (χ3v) is 5.96. The number of benzene rings is 3. The van der Waals surface area contributed by atoms with Gasteiger partial charge in [-0.2, -0.15) is 0 Å². The lowest BCUT2D eigenvalue weighted by molar-refractivity contribution is -0.122. The molecule has 3 aromatic rings. The van der Waals surface area contributed by atoms with Crippen LogP contribution < -0.4 is 20.3 Å². The number of rotatable bonds is 6. The van der Waals surface area contributed by atoms with Gasteiger partial charge in [-0.15, -0.1) is 0 Å². The van der Waals surface area contributed by atoms with Gasteiger partial charge in [0.05, 0.1) is 5.69 Å². The fraction of sp³-hybridized carbons (Fsp3) is 0.143. The minimum absolute atomic E-state index is 0.233. The molecular weight excluding hydrogens is 494 g/mol. The van der Waals surface area contributed by atoms with Gasteiger partial charge in [0.1, 0.15) is 11.3 Å². The number of aryl methyl sites for hydroxylation is 3. The molecule has 37 heavy (non-hydrogen) atoms. The summed E-state index contributed by atoms with van der Waals surface area (Å²) in [5, 5.41) is 5.36. The van der Waals surface area contributed by atoms with Crippen LogP contribution in [0.25, 0.3) is 6.08 Å². The van der Waals surface area contributed by atoms with Crippen LogP contribution in [-0.2, 0) is 14.4 Å². The number of urea groups is 1. The lowest BCUT2D eigenvalue weighted by Gasteiger charge is -2.27. The zero-order valence-corrected chi connectivity index (χ0v) is 21.2. The van der Waals surface area contributed by atoms with Crippen molar-refractivity contribution in [2.45, 2.75) is 20.8 Å². The van der Waals surface area contributed by atoms with Gasteiger partial charge in [-0.25, -0.2) is 9.69 Å². The molecule has 9 heteroatoms. The van der Waals surface area contributed by atoms with Crippen molar-refractivity contribution < 1.29 is 23.9 Å². The van der Waals surface area contributed by atoms with Crippen molar-refractivity contribution in [3.63, 3.8) is 0 Å². The molecule has 1 aliphatic heterocycles. The van der Waals surface area contributed by atoms with Gasteiger partial charge in [0.25, 0.3) is 17.7 Å². The average Bonchev–Trinajstić information content (AvgIpc) is 2.85. The summed E-state index contributed by atoms with van der Waals surface area (Å²) >= 11 is 6.06. The molecule has 0 atom stereocenters. The molecule has 0 bridgehead atoms. The Labute approximate surface area is 218 Å². The van der Waals surface area contributed by atoms with Crippen LogP contribution in [0.3, 0.4) is 0 Å². The highest BCUT2D eigenvalue weighted by atomic mass is 35.5. The van der Waals surface area contributed by atoms with Crippen LogP contribution in [0, 0.1) is 20.8 Å². The number of amides is 5. The van der Waals surface area contributed by atoms with E-state index in [1.807, 2.05) is 32.0 Å². The number of ether oxygens (including phenoxy) is 1. The molecule has 0 radical (unpaired) electrons. The van der Waals surface area contributed by atoms with Crippen molar-refractivity contribution in [3.05, 3.63) is 93.5 Å². The first-order valence-electron chi connectivity index (χ1n) is 11.4. The second-order valence-electron chi connectivity index (χ2n) is 8.62. The Bertz CT molecular complexity index is 1460. The van der Waals surface area contributed by atoms with Gasteiger partial charge in [-0.1, -0.05) is 41.9 Å². The van der Waals surface area contributed by atoms with E-state index in [9.17, 15) is 19.2 Å². The fourth-order valence-corrected chi connectivity index (χ4v) is 3.93. The predicted octanol–water partition coefficient (Wildman–Crippen LogP) is 4.95. The van der Waals surface area contributed by atoms with Gasteiger partial charge in [0.15, 0.2) is 6.61 Å². The number of nitrogens with zero attached hydrogens (tertiary/aromatic N) is 1. The SMILES string of the molecule is Cc1ccc(C)c(NC(=O)COc2cccc(/C=C3\C(=O)NC(=O)N(c4cc(Cl)ccc4C)C3=O)c2)c1. The average molecular weight is 518 g/mol. The van der Waals surface area contributed by atoms with E-state index < -0.39 is 17.8 Å². The first-order chi connectivity index (χ1) is 17.6. The monoisotopic (exact) mass is 517 g/mol. The number of hydrogen-bond acceptors (Lipinski definition) is 5. The number of nitrogens with one attached hydrogen (secondary N) is 2. The van der Waals surface area contributed by atoms with Crippen molar-refractivity contribution in [2.75, 3.05) is 16.8 Å². The zero-order chi connectivity index (χ0) is 26.7. The van der Waals surface area contributed by atoms with E-state index in [-0.39, 0.29) is 23.8 Å². The molecule has 1 heterocycles. The minimum atomic E-state index is -0.857. The summed E-state index contributed by atoms with van der Waals surface area (Å²) in [7, 11) is 0. The van der Waals surface area contributed by atoms with E-state index >= 15 is 0 Å². The predicted molar refractivity (Wildman–Crippen MR) is 142 cm³/mol. The van der Waals surface area contributed by atoms with Crippen LogP contribution in [-0.4, -0.2) is 30.4 Å². The third kappa shape index (κ3) is 5.87. The Morgan fingerprint density at radius 1 is 1.00 bits per heavy atom. The number of halogens is 1. The van der Waals surface area contributed by atoms with Crippen LogP contribution in [0.1, 0.15) is 22.3 Å². The van der Waals surface area contributed by atoms with Gasteiger partial charge in [0.2, 0.25) is 0 Å². The summed E-state index contributed by atoms with van der Waals surface area (Å²) < 4.78 is 5.62. The van der Waals surface area contributed by atoms with Crippen LogP contribution in [0.4, 0.5) is 16.2 Å². The van der Waals surface area contributed by atoms with E-state index in [0.717, 1.165) is 16.0 Å². The summed E-state index contributed by atoms with van der Waals surface area (Å²) in [4.78, 5) is 51.5. The van der Waals surface area contributed by atoms with Crippen molar-refractivity contribution >= 4 is 52.8 Å². The summed E-state index contributed by atoms with van der Waals surface area (Å²) in [5.74, 6) is -1.55. The van der Waals surface area contributed by atoms with E-state index in [0.29, 0.717) is 27.6 Å². The number of anilines is 2. The lowest BCUT2D eigenvalue weighted by Crippen LogP contribution is -2.54. The molecule has 1 saturated heterocycles. The lowest BCUT2D eigenvalue weighted by atomic mass is 10.1. The third-order valence-electron chi connectivity index (χ3n) is 5.72. The number of hydrogen-bond donors (Lipinski definition) is 2. The van der Waals surface area contributed by atoms with Gasteiger partial charge in [-0.05, 0) is 79.4 Å². The number of imide groups is 2. The molecule has 0 saturated carbocycles. The summed E-state index contributed by atoms with van der Waals surface area (Å²) in [6.07, 6.45) is 1.36. The summed E-state index contributed by atoms with van der Waals surface area (Å²) in [6.45, 7) is 5.33. The standard InChI is InChI=1S/C28H24ClN3O5/c1-16-7-8-17(2)23(11-16)30-25(33)15-37-21-6-4-5-19(12-21)13-22-26(34)31-28(36)32(27(22)35)24-14-20(29)10-9-18(24)3/h4-14H,15H2,1-3H3,(H,30,33)(H,31,34,36)/b22-13+. The molecule has 0 spiro atoms. The van der Waals surface area contributed by atoms with Gasteiger partial charge in [-0.3, -0.25) is 19.7 Å². The second kappa shape index (κ2) is 10.7. The topological polar surface area (TPSA) is 105 Å². The molecular formula is C28H24ClN3O5. The first kappa shape index (κ1) is 25.7. The Morgan fingerprint density at radius 3 is 2.54 bits per heavy atom. The van der Waals surface area contributed by atoms with Crippen LogP contribution in [0.5, 0.6) is 5.75 Å². The highest BCUT2D eigenvalue weighted by Gasteiger charge is 2.37. The minimum Gasteiger partial charge on any atom is -0.484 e. The molecule has 1 fully saturated rings. The molecule has 8 nitrogen and oxygen atoms in total. The summed E-state index contributed by atoms with van der Waals surface area (Å²) in [6, 6.07) is 16.3. The van der Waals surface area contributed by atoms with E-state index in [1.54, 1.807) is 43.3 Å². The maximum Gasteiger partial charge on any atom is 0.335 e. The largest absolute Gasteiger partial charge is 0.484 e. The Morgan fingerprint density at radius 2 is 1.76 bits per heavy atom. The Balaban J connectivity index is 1.51. The quantitative estimate of drug-likeness (QED) is 0.355. The van der Waals surface area contributed by atoms with Crippen LogP contribution in [0.2, 0.25) is 5.02 Å².